The summed E-state index contributed by atoms with van der Waals surface area (Å²) in [5, 5.41) is 27.1. The highest BCUT2D eigenvalue weighted by Crippen LogP contribution is 2.42. The van der Waals surface area contributed by atoms with E-state index in [-0.39, 0.29) is 23.6 Å². The Morgan fingerprint density at radius 3 is 2.58 bits per heavy atom. The summed E-state index contributed by atoms with van der Waals surface area (Å²) in [7, 11) is 1.67. The summed E-state index contributed by atoms with van der Waals surface area (Å²) >= 11 is 0. The Morgan fingerprint density at radius 2 is 1.97 bits per heavy atom. The van der Waals surface area contributed by atoms with Crippen LogP contribution >= 0.6 is 0 Å². The molecule has 0 bridgehead atoms. The quantitative estimate of drug-likeness (QED) is 0.159. The maximum atomic E-state index is 13.9. The number of pyridine rings is 1. The van der Waals surface area contributed by atoms with Crippen molar-refractivity contribution in [1.82, 2.24) is 25.4 Å². The molecule has 7 nitrogen and oxygen atoms in total. The van der Waals surface area contributed by atoms with E-state index in [9.17, 15) is 17.6 Å². The first-order valence-electron chi connectivity index (χ1n) is 12.8. The van der Waals surface area contributed by atoms with Crippen LogP contribution in [-0.4, -0.2) is 51.5 Å². The molecule has 3 aromatic rings. The molecular formula is C27H31F4N7. The van der Waals surface area contributed by atoms with Crippen molar-refractivity contribution in [2.75, 3.05) is 7.05 Å². The van der Waals surface area contributed by atoms with Gasteiger partial charge in [0.1, 0.15) is 23.4 Å². The SMILES string of the molecule is CC(NC1CC(F)C1)c1nc(C(F)(F)F)cc2c(-c3cccc(C(C(=N)N(C)C=N)C4CCC4)c3)n[nH]c12. The van der Waals surface area contributed by atoms with Crippen LogP contribution in [0.2, 0.25) is 0 Å². The minimum atomic E-state index is -4.65. The van der Waals surface area contributed by atoms with Gasteiger partial charge in [-0.2, -0.15) is 18.3 Å². The second kappa shape index (κ2) is 10.1. The Bertz CT molecular complexity index is 1340. The van der Waals surface area contributed by atoms with Gasteiger partial charge in [0, 0.05) is 36.0 Å². The fraction of sp³-hybridized carbons (Fsp3) is 0.481. The van der Waals surface area contributed by atoms with E-state index in [0.29, 0.717) is 40.8 Å². The molecule has 0 spiro atoms. The molecular weight excluding hydrogens is 498 g/mol. The lowest BCUT2D eigenvalue weighted by Crippen LogP contribution is -2.43. The molecule has 11 heteroatoms. The first-order valence-corrected chi connectivity index (χ1v) is 12.8. The number of rotatable bonds is 8. The number of nitrogens with one attached hydrogen (secondary N) is 4. The van der Waals surface area contributed by atoms with Crippen LogP contribution in [0.25, 0.3) is 22.2 Å². The minimum absolute atomic E-state index is 0.108. The van der Waals surface area contributed by atoms with E-state index in [1.165, 1.54) is 4.90 Å². The second-order valence-electron chi connectivity index (χ2n) is 10.5. The van der Waals surface area contributed by atoms with Crippen LogP contribution in [0.15, 0.2) is 30.3 Å². The highest BCUT2D eigenvalue weighted by atomic mass is 19.4. The first-order chi connectivity index (χ1) is 18.1. The molecule has 5 rings (SSSR count). The molecule has 2 saturated carbocycles. The summed E-state index contributed by atoms with van der Waals surface area (Å²) in [6.07, 6.45) is -0.720. The van der Waals surface area contributed by atoms with Crippen molar-refractivity contribution in [3.63, 3.8) is 0 Å². The Morgan fingerprint density at radius 1 is 1.24 bits per heavy atom. The lowest BCUT2D eigenvalue weighted by molar-refractivity contribution is -0.141. The fourth-order valence-electron chi connectivity index (χ4n) is 5.43. The number of amidine groups is 1. The highest BCUT2D eigenvalue weighted by Gasteiger charge is 2.37. The lowest BCUT2D eigenvalue weighted by Gasteiger charge is -2.36. The lowest BCUT2D eigenvalue weighted by atomic mass is 9.72. The van der Waals surface area contributed by atoms with Crippen LogP contribution in [0.4, 0.5) is 17.6 Å². The average Bonchev–Trinajstić information content (AvgIpc) is 3.27. The number of hydrogen-bond acceptors (Lipinski definition) is 5. The Hall–Kier alpha value is -3.34. The largest absolute Gasteiger partial charge is 0.433 e. The van der Waals surface area contributed by atoms with Gasteiger partial charge in [0.2, 0.25) is 0 Å². The van der Waals surface area contributed by atoms with Gasteiger partial charge in [-0.3, -0.25) is 15.9 Å². The van der Waals surface area contributed by atoms with Crippen molar-refractivity contribution in [2.24, 2.45) is 5.92 Å². The van der Waals surface area contributed by atoms with Crippen molar-refractivity contribution in [3.8, 4) is 11.3 Å². The number of hydrogen-bond donors (Lipinski definition) is 4. The third-order valence-corrected chi connectivity index (χ3v) is 7.86. The number of halogens is 4. The van der Waals surface area contributed by atoms with E-state index in [0.717, 1.165) is 37.2 Å². The van der Waals surface area contributed by atoms with Crippen molar-refractivity contribution in [1.29, 1.82) is 10.8 Å². The van der Waals surface area contributed by atoms with Crippen LogP contribution in [-0.2, 0) is 6.18 Å². The van der Waals surface area contributed by atoms with Crippen molar-refractivity contribution in [2.45, 2.75) is 69.4 Å². The Labute approximate surface area is 218 Å². The third-order valence-electron chi connectivity index (χ3n) is 7.86. The van der Waals surface area contributed by atoms with Crippen LogP contribution in [0.3, 0.4) is 0 Å². The van der Waals surface area contributed by atoms with Gasteiger partial charge in [-0.15, -0.1) is 0 Å². The Balaban J connectivity index is 1.57. The molecule has 2 aliphatic carbocycles. The molecule has 0 aliphatic heterocycles. The predicted molar refractivity (Wildman–Crippen MR) is 138 cm³/mol. The van der Waals surface area contributed by atoms with Crippen LogP contribution in [0.1, 0.15) is 67.9 Å². The molecule has 2 heterocycles. The van der Waals surface area contributed by atoms with Crippen molar-refractivity contribution >= 4 is 23.1 Å². The molecule has 1 aromatic carbocycles. The topological polar surface area (TPSA) is 105 Å². The van der Waals surface area contributed by atoms with E-state index >= 15 is 0 Å². The van der Waals surface area contributed by atoms with Gasteiger partial charge in [-0.25, -0.2) is 9.37 Å². The molecule has 0 radical (unpaired) electrons. The second-order valence-corrected chi connectivity index (χ2v) is 10.5. The predicted octanol–water partition coefficient (Wildman–Crippen LogP) is 6.19. The summed E-state index contributed by atoms with van der Waals surface area (Å²) in [5.41, 5.74) is 1.46. The van der Waals surface area contributed by atoms with Crippen molar-refractivity contribution in [3.05, 3.63) is 47.3 Å². The van der Waals surface area contributed by atoms with Crippen LogP contribution < -0.4 is 5.32 Å². The normalized spacial score (nSPS) is 21.4. The van der Waals surface area contributed by atoms with E-state index in [4.69, 9.17) is 10.8 Å². The number of fused-ring (bicyclic) bond motifs is 1. The van der Waals surface area contributed by atoms with Crippen LogP contribution in [0.5, 0.6) is 0 Å². The summed E-state index contributed by atoms with van der Waals surface area (Å²) in [4.78, 5) is 5.42. The summed E-state index contributed by atoms with van der Waals surface area (Å²) in [6, 6.07) is 7.80. The number of alkyl halides is 4. The molecule has 2 unspecified atom stereocenters. The number of likely N-dealkylation sites (N-methyl/N-ethyl adjacent to an activating group) is 1. The molecule has 2 fully saturated rings. The fourth-order valence-corrected chi connectivity index (χ4v) is 5.43. The molecule has 0 saturated heterocycles. The molecule has 38 heavy (non-hydrogen) atoms. The molecule has 202 valence electrons. The van der Waals surface area contributed by atoms with E-state index < -0.39 is 24.1 Å². The first kappa shape index (κ1) is 26.3. The van der Waals surface area contributed by atoms with Gasteiger partial charge in [0.25, 0.3) is 0 Å². The van der Waals surface area contributed by atoms with Gasteiger partial charge < -0.3 is 10.2 Å². The summed E-state index contributed by atoms with van der Waals surface area (Å²) < 4.78 is 55.0. The summed E-state index contributed by atoms with van der Waals surface area (Å²) in [6.45, 7) is 1.73. The third kappa shape index (κ3) is 4.91. The number of H-pyrrole nitrogens is 1. The monoisotopic (exact) mass is 529 g/mol. The number of nitrogens with zero attached hydrogens (tertiary/aromatic N) is 3. The van der Waals surface area contributed by atoms with E-state index in [1.807, 2.05) is 18.2 Å². The molecule has 2 aromatic heterocycles. The average molecular weight is 530 g/mol. The van der Waals surface area contributed by atoms with E-state index in [1.54, 1.807) is 20.0 Å². The smallest absolute Gasteiger partial charge is 0.324 e. The Kier molecular flexibility index (Phi) is 6.97. The maximum Gasteiger partial charge on any atom is 0.433 e. The molecule has 2 atom stereocenters. The highest BCUT2D eigenvalue weighted by molar-refractivity contribution is 5.96. The van der Waals surface area contributed by atoms with Gasteiger partial charge in [0.05, 0.1) is 17.5 Å². The maximum absolute atomic E-state index is 13.9. The number of aromatic amines is 1. The molecule has 2 aliphatic rings. The zero-order chi connectivity index (χ0) is 27.2. The molecule has 4 N–H and O–H groups in total. The van der Waals surface area contributed by atoms with Crippen molar-refractivity contribution < 1.29 is 17.6 Å². The zero-order valence-electron chi connectivity index (χ0n) is 21.2. The van der Waals surface area contributed by atoms with Gasteiger partial charge >= 0.3 is 6.18 Å². The molecule has 0 amide bonds. The summed E-state index contributed by atoms with van der Waals surface area (Å²) in [5.74, 6) is 0.353. The van der Waals surface area contributed by atoms with Gasteiger partial charge in [-0.05, 0) is 56.2 Å². The number of benzene rings is 1. The van der Waals surface area contributed by atoms with Gasteiger partial charge in [0.15, 0.2) is 0 Å². The minimum Gasteiger partial charge on any atom is -0.324 e. The van der Waals surface area contributed by atoms with Gasteiger partial charge in [-0.1, -0.05) is 24.6 Å². The number of aromatic nitrogens is 3. The zero-order valence-corrected chi connectivity index (χ0v) is 21.2. The van der Waals surface area contributed by atoms with Crippen LogP contribution in [0, 0.1) is 16.7 Å². The standard InChI is InChI=1S/C27H31F4N7/c1-14(34-19-10-18(28)11-19)23-25-20(12-21(35-23)27(29,30)31)24(36-37-25)17-8-4-7-16(9-17)22(15-5-3-6-15)26(33)38(2)13-32/h4,7-9,12-15,18-19,22,32-34H,3,5-6,10-11H2,1-2H3,(H,36,37). The van der Waals surface area contributed by atoms with E-state index in [2.05, 4.69) is 20.5 Å².